The van der Waals surface area contributed by atoms with Gasteiger partial charge in [-0.15, -0.1) is 0 Å². The Kier molecular flexibility index (Phi) is 3.52. The minimum Gasteiger partial charge on any atom is -0.310 e. The average Bonchev–Trinajstić information content (AvgIpc) is 3.13. The molecule has 0 atom stereocenters. The molecule has 1 saturated carbocycles. The Morgan fingerprint density at radius 1 is 1.37 bits per heavy atom. The highest BCUT2D eigenvalue weighted by atomic mass is 35.5. The van der Waals surface area contributed by atoms with Crippen molar-refractivity contribution in [1.82, 2.24) is 15.1 Å². The van der Waals surface area contributed by atoms with Crippen LogP contribution < -0.4 is 5.32 Å². The maximum atomic E-state index is 6.26. The van der Waals surface area contributed by atoms with Gasteiger partial charge in [0, 0.05) is 42.0 Å². The van der Waals surface area contributed by atoms with Crippen LogP contribution in [-0.4, -0.2) is 15.8 Å². The number of aryl methyl sites for hydroxylation is 1. The van der Waals surface area contributed by atoms with E-state index in [4.69, 9.17) is 23.2 Å². The predicted octanol–water partition coefficient (Wildman–Crippen LogP) is 3.65. The summed E-state index contributed by atoms with van der Waals surface area (Å²) in [5.74, 6) is 0. The van der Waals surface area contributed by atoms with Gasteiger partial charge in [-0.25, -0.2) is 0 Å². The van der Waals surface area contributed by atoms with E-state index in [0.29, 0.717) is 16.1 Å². The van der Waals surface area contributed by atoms with E-state index in [1.165, 1.54) is 12.8 Å². The van der Waals surface area contributed by atoms with E-state index < -0.39 is 0 Å². The summed E-state index contributed by atoms with van der Waals surface area (Å²) in [6, 6.07) is 6.14. The molecule has 2 aromatic rings. The maximum Gasteiger partial charge on any atom is 0.0983 e. The van der Waals surface area contributed by atoms with Crippen molar-refractivity contribution in [2.75, 3.05) is 0 Å². The third-order valence-corrected chi connectivity index (χ3v) is 3.81. The normalized spacial score (nSPS) is 14.9. The van der Waals surface area contributed by atoms with Crippen molar-refractivity contribution in [3.8, 4) is 11.3 Å². The number of benzene rings is 1. The number of halogens is 2. The molecule has 0 saturated heterocycles. The number of hydrogen-bond acceptors (Lipinski definition) is 2. The lowest BCUT2D eigenvalue weighted by Gasteiger charge is -2.06. The summed E-state index contributed by atoms with van der Waals surface area (Å²) < 4.78 is 1.82. The number of aromatic nitrogens is 2. The number of nitrogens with zero attached hydrogens (tertiary/aromatic N) is 2. The molecule has 0 aliphatic heterocycles. The van der Waals surface area contributed by atoms with Gasteiger partial charge in [0.25, 0.3) is 0 Å². The molecule has 1 fully saturated rings. The fraction of sp³-hybridized carbons (Fsp3) is 0.357. The Morgan fingerprint density at radius 3 is 2.89 bits per heavy atom. The first kappa shape index (κ1) is 13.0. The summed E-state index contributed by atoms with van der Waals surface area (Å²) >= 11 is 12.3. The summed E-state index contributed by atoms with van der Waals surface area (Å²) in [5.41, 5.74) is 2.95. The van der Waals surface area contributed by atoms with Crippen molar-refractivity contribution in [3.63, 3.8) is 0 Å². The zero-order valence-electron chi connectivity index (χ0n) is 10.7. The standard InChI is InChI=1S/C14H15Cl2N3/c1-19-8-9(7-17-11-3-4-11)14(18-19)12-6-10(15)2-5-13(12)16/h2,5-6,8,11,17H,3-4,7H2,1H3. The third-order valence-electron chi connectivity index (χ3n) is 3.25. The molecule has 1 aliphatic carbocycles. The van der Waals surface area contributed by atoms with E-state index in [2.05, 4.69) is 10.4 Å². The molecule has 1 aliphatic rings. The molecule has 1 N–H and O–H groups in total. The Hall–Kier alpha value is -1.03. The molecular weight excluding hydrogens is 281 g/mol. The number of hydrogen-bond donors (Lipinski definition) is 1. The predicted molar refractivity (Wildman–Crippen MR) is 78.5 cm³/mol. The number of nitrogens with one attached hydrogen (secondary N) is 1. The fourth-order valence-corrected chi connectivity index (χ4v) is 2.49. The lowest BCUT2D eigenvalue weighted by molar-refractivity contribution is 0.687. The zero-order valence-corrected chi connectivity index (χ0v) is 12.2. The van der Waals surface area contributed by atoms with E-state index in [1.54, 1.807) is 6.07 Å². The van der Waals surface area contributed by atoms with Crippen LogP contribution in [0.15, 0.2) is 24.4 Å². The average molecular weight is 296 g/mol. The van der Waals surface area contributed by atoms with Gasteiger partial charge in [0.05, 0.1) is 10.7 Å². The van der Waals surface area contributed by atoms with Crippen molar-refractivity contribution < 1.29 is 0 Å². The molecule has 0 amide bonds. The first-order valence-electron chi connectivity index (χ1n) is 6.35. The van der Waals surface area contributed by atoms with Crippen LogP contribution in [0.1, 0.15) is 18.4 Å². The van der Waals surface area contributed by atoms with Crippen LogP contribution in [0.4, 0.5) is 0 Å². The van der Waals surface area contributed by atoms with Crippen molar-refractivity contribution in [2.45, 2.75) is 25.4 Å². The molecule has 1 aromatic heterocycles. The van der Waals surface area contributed by atoms with E-state index >= 15 is 0 Å². The van der Waals surface area contributed by atoms with Crippen LogP contribution in [0.3, 0.4) is 0 Å². The molecule has 1 aromatic carbocycles. The third kappa shape index (κ3) is 2.94. The second kappa shape index (κ2) is 5.16. The molecule has 1 heterocycles. The monoisotopic (exact) mass is 295 g/mol. The molecule has 3 rings (SSSR count). The highest BCUT2D eigenvalue weighted by molar-refractivity contribution is 6.35. The lowest BCUT2D eigenvalue weighted by atomic mass is 10.1. The van der Waals surface area contributed by atoms with Crippen molar-refractivity contribution in [1.29, 1.82) is 0 Å². The molecule has 0 radical (unpaired) electrons. The second-order valence-corrected chi connectivity index (χ2v) is 5.80. The quantitative estimate of drug-likeness (QED) is 0.933. The van der Waals surface area contributed by atoms with Gasteiger partial charge in [0.2, 0.25) is 0 Å². The Morgan fingerprint density at radius 2 is 2.16 bits per heavy atom. The van der Waals surface area contributed by atoms with Crippen molar-refractivity contribution in [2.24, 2.45) is 7.05 Å². The Balaban J connectivity index is 1.95. The van der Waals surface area contributed by atoms with Gasteiger partial charge >= 0.3 is 0 Å². The van der Waals surface area contributed by atoms with Crippen LogP contribution in [0, 0.1) is 0 Å². The zero-order chi connectivity index (χ0) is 13.4. The largest absolute Gasteiger partial charge is 0.310 e. The van der Waals surface area contributed by atoms with Crippen LogP contribution >= 0.6 is 23.2 Å². The molecule has 100 valence electrons. The minimum atomic E-state index is 0.669. The molecule has 5 heteroatoms. The summed E-state index contributed by atoms with van der Waals surface area (Å²) in [6.07, 6.45) is 4.57. The van der Waals surface area contributed by atoms with Gasteiger partial charge < -0.3 is 5.32 Å². The second-order valence-electron chi connectivity index (χ2n) is 4.96. The fourth-order valence-electron chi connectivity index (χ4n) is 2.11. The van der Waals surface area contributed by atoms with E-state index in [-0.39, 0.29) is 0 Å². The number of rotatable bonds is 4. The highest BCUT2D eigenvalue weighted by Gasteiger charge is 2.21. The smallest absolute Gasteiger partial charge is 0.0983 e. The first-order valence-corrected chi connectivity index (χ1v) is 7.10. The maximum absolute atomic E-state index is 6.26. The highest BCUT2D eigenvalue weighted by Crippen LogP contribution is 2.32. The molecule has 0 unspecified atom stereocenters. The lowest BCUT2D eigenvalue weighted by Crippen LogP contribution is -2.15. The molecule has 0 bridgehead atoms. The first-order chi connectivity index (χ1) is 9.13. The van der Waals surface area contributed by atoms with Gasteiger partial charge in [-0.3, -0.25) is 4.68 Å². The van der Waals surface area contributed by atoms with Gasteiger partial charge in [-0.05, 0) is 31.0 Å². The summed E-state index contributed by atoms with van der Waals surface area (Å²) in [5, 5.41) is 9.36. The van der Waals surface area contributed by atoms with Gasteiger partial charge in [0.1, 0.15) is 0 Å². The molecule has 19 heavy (non-hydrogen) atoms. The van der Waals surface area contributed by atoms with E-state index in [1.807, 2.05) is 30.1 Å². The van der Waals surface area contributed by atoms with Gasteiger partial charge in [-0.1, -0.05) is 23.2 Å². The summed E-state index contributed by atoms with van der Waals surface area (Å²) in [7, 11) is 1.92. The van der Waals surface area contributed by atoms with Gasteiger partial charge in [0.15, 0.2) is 0 Å². The Labute approximate surface area is 122 Å². The molecule has 0 spiro atoms. The van der Waals surface area contributed by atoms with Crippen molar-refractivity contribution in [3.05, 3.63) is 40.0 Å². The summed E-state index contributed by atoms with van der Waals surface area (Å²) in [4.78, 5) is 0. The van der Waals surface area contributed by atoms with Crippen LogP contribution in [-0.2, 0) is 13.6 Å². The molecular formula is C14H15Cl2N3. The van der Waals surface area contributed by atoms with Crippen LogP contribution in [0.25, 0.3) is 11.3 Å². The van der Waals surface area contributed by atoms with E-state index in [9.17, 15) is 0 Å². The molecule has 3 nitrogen and oxygen atoms in total. The van der Waals surface area contributed by atoms with Crippen molar-refractivity contribution >= 4 is 23.2 Å². The SMILES string of the molecule is Cn1cc(CNC2CC2)c(-c2cc(Cl)ccc2Cl)n1. The van der Waals surface area contributed by atoms with Crippen LogP contribution in [0.2, 0.25) is 10.0 Å². The Bertz CT molecular complexity index is 603. The van der Waals surface area contributed by atoms with Crippen LogP contribution in [0.5, 0.6) is 0 Å². The minimum absolute atomic E-state index is 0.669. The van der Waals surface area contributed by atoms with E-state index in [0.717, 1.165) is 23.4 Å². The van der Waals surface area contributed by atoms with Gasteiger partial charge in [-0.2, -0.15) is 5.10 Å². The topological polar surface area (TPSA) is 29.9 Å². The summed E-state index contributed by atoms with van der Waals surface area (Å²) in [6.45, 7) is 0.816.